The summed E-state index contributed by atoms with van der Waals surface area (Å²) >= 11 is 0. The van der Waals surface area contributed by atoms with E-state index in [0.717, 1.165) is 17.1 Å². The fourth-order valence-corrected chi connectivity index (χ4v) is 2.92. The van der Waals surface area contributed by atoms with Crippen molar-refractivity contribution in [3.05, 3.63) is 71.5 Å². The van der Waals surface area contributed by atoms with Crippen LogP contribution in [0, 0.1) is 13.8 Å². The van der Waals surface area contributed by atoms with Crippen LogP contribution in [0.25, 0.3) is 0 Å². The minimum atomic E-state index is -0.213. The van der Waals surface area contributed by atoms with Crippen LogP contribution in [0.4, 0.5) is 17.3 Å². The monoisotopic (exact) mass is 404 g/mol. The molecular formula is C23H24N4O3. The maximum absolute atomic E-state index is 12.2. The third kappa shape index (κ3) is 5.88. The molecular weight excluding hydrogens is 380 g/mol. The molecule has 0 bridgehead atoms. The molecule has 3 aromatic rings. The number of hydrogen-bond donors (Lipinski definition) is 2. The van der Waals surface area contributed by atoms with Crippen molar-refractivity contribution < 1.29 is 14.3 Å². The first-order chi connectivity index (χ1) is 14.4. The van der Waals surface area contributed by atoms with E-state index in [1.54, 1.807) is 43.5 Å². The number of methoxy groups -OCH3 is 1. The number of anilines is 3. The lowest BCUT2D eigenvalue weighted by Crippen LogP contribution is -2.13. The lowest BCUT2D eigenvalue weighted by molar-refractivity contribution is -0.116. The fourth-order valence-electron chi connectivity index (χ4n) is 2.92. The predicted molar refractivity (Wildman–Crippen MR) is 116 cm³/mol. The fraction of sp³-hybridized carbons (Fsp3) is 0.217. The molecule has 1 amide bonds. The Balaban J connectivity index is 1.50. The highest BCUT2D eigenvalue weighted by Crippen LogP contribution is 2.18. The molecule has 0 atom stereocenters. The van der Waals surface area contributed by atoms with Crippen LogP contribution in [0.2, 0.25) is 0 Å². The summed E-state index contributed by atoms with van der Waals surface area (Å²) in [4.78, 5) is 33.1. The quantitative estimate of drug-likeness (QED) is 0.539. The van der Waals surface area contributed by atoms with Gasteiger partial charge in [0.25, 0.3) is 0 Å². The lowest BCUT2D eigenvalue weighted by Gasteiger charge is -2.09. The molecule has 0 radical (unpaired) electrons. The predicted octanol–water partition coefficient (Wildman–Crippen LogP) is 4.45. The maximum atomic E-state index is 12.2. The van der Waals surface area contributed by atoms with Gasteiger partial charge in [0, 0.05) is 41.2 Å². The van der Waals surface area contributed by atoms with E-state index in [9.17, 15) is 9.59 Å². The first-order valence-electron chi connectivity index (χ1n) is 9.59. The van der Waals surface area contributed by atoms with Gasteiger partial charge in [0.1, 0.15) is 5.75 Å². The third-order valence-corrected chi connectivity index (χ3v) is 4.40. The van der Waals surface area contributed by atoms with E-state index < -0.39 is 0 Å². The smallest absolute Gasteiger partial charge is 0.227 e. The van der Waals surface area contributed by atoms with Gasteiger partial charge >= 0.3 is 0 Å². The Kier molecular flexibility index (Phi) is 6.75. The number of ketones is 1. The number of nitrogens with zero attached hydrogens (tertiary/aromatic N) is 2. The number of carbonyl (C=O) groups is 2. The van der Waals surface area contributed by atoms with Gasteiger partial charge in [0.15, 0.2) is 5.78 Å². The minimum Gasteiger partial charge on any atom is -0.497 e. The molecule has 0 aliphatic heterocycles. The second-order valence-electron chi connectivity index (χ2n) is 6.88. The number of rotatable bonds is 8. The molecule has 1 heterocycles. The van der Waals surface area contributed by atoms with Gasteiger partial charge in [0.05, 0.1) is 7.11 Å². The van der Waals surface area contributed by atoms with Crippen molar-refractivity contribution in [3.63, 3.8) is 0 Å². The molecule has 30 heavy (non-hydrogen) atoms. The normalized spacial score (nSPS) is 10.4. The molecule has 0 spiro atoms. The van der Waals surface area contributed by atoms with Crippen LogP contribution in [0.15, 0.2) is 54.6 Å². The lowest BCUT2D eigenvalue weighted by atomic mass is 10.1. The molecule has 0 aliphatic carbocycles. The van der Waals surface area contributed by atoms with Crippen molar-refractivity contribution in [2.24, 2.45) is 0 Å². The third-order valence-electron chi connectivity index (χ3n) is 4.40. The van der Waals surface area contributed by atoms with Crippen LogP contribution < -0.4 is 15.4 Å². The van der Waals surface area contributed by atoms with Gasteiger partial charge < -0.3 is 15.4 Å². The second kappa shape index (κ2) is 9.65. The van der Waals surface area contributed by atoms with Crippen LogP contribution in [0.1, 0.15) is 34.6 Å². The molecule has 0 unspecified atom stereocenters. The Morgan fingerprint density at radius 3 is 2.07 bits per heavy atom. The SMILES string of the molecule is COc1ccc(C(=O)CCC(=O)Nc2ccc(Nc3nc(C)cc(C)n3)cc2)cc1. The molecule has 0 fully saturated rings. The molecule has 0 saturated carbocycles. The van der Waals surface area contributed by atoms with Gasteiger partial charge in [-0.05, 0) is 68.4 Å². The number of nitrogens with one attached hydrogen (secondary N) is 2. The van der Waals surface area contributed by atoms with Gasteiger partial charge in [-0.1, -0.05) is 0 Å². The number of aryl methyl sites for hydroxylation is 2. The summed E-state index contributed by atoms with van der Waals surface area (Å²) < 4.78 is 5.08. The molecule has 0 saturated heterocycles. The van der Waals surface area contributed by atoms with Crippen molar-refractivity contribution in [2.45, 2.75) is 26.7 Å². The summed E-state index contributed by atoms with van der Waals surface area (Å²) in [6.45, 7) is 3.83. The first kappa shape index (κ1) is 21.0. The Morgan fingerprint density at radius 2 is 1.47 bits per heavy atom. The molecule has 1 aromatic heterocycles. The van der Waals surface area contributed by atoms with Gasteiger partial charge in [-0.25, -0.2) is 9.97 Å². The summed E-state index contributed by atoms with van der Waals surface area (Å²) in [5.74, 6) is 0.920. The Labute approximate surface area is 175 Å². The molecule has 7 heteroatoms. The Bertz CT molecular complexity index is 1010. The molecule has 0 aliphatic rings. The van der Waals surface area contributed by atoms with Crippen molar-refractivity contribution in [3.8, 4) is 5.75 Å². The average Bonchev–Trinajstić information content (AvgIpc) is 2.73. The highest BCUT2D eigenvalue weighted by Gasteiger charge is 2.10. The van der Waals surface area contributed by atoms with Crippen molar-refractivity contribution in [2.75, 3.05) is 17.7 Å². The van der Waals surface area contributed by atoms with Crippen LogP contribution >= 0.6 is 0 Å². The van der Waals surface area contributed by atoms with Crippen molar-refractivity contribution >= 4 is 29.0 Å². The summed E-state index contributed by atoms with van der Waals surface area (Å²) in [5.41, 5.74) is 3.81. The maximum Gasteiger partial charge on any atom is 0.227 e. The van der Waals surface area contributed by atoms with Crippen molar-refractivity contribution in [1.29, 1.82) is 0 Å². The summed E-state index contributed by atoms with van der Waals surface area (Å²) in [6, 6.07) is 16.0. The molecule has 3 rings (SSSR count). The number of benzene rings is 2. The number of ether oxygens (including phenoxy) is 1. The Hall–Kier alpha value is -3.74. The zero-order chi connectivity index (χ0) is 21.5. The van der Waals surface area contributed by atoms with Crippen LogP contribution in [-0.4, -0.2) is 28.8 Å². The molecule has 7 nitrogen and oxygen atoms in total. The summed E-state index contributed by atoms with van der Waals surface area (Å²) in [7, 11) is 1.57. The highest BCUT2D eigenvalue weighted by atomic mass is 16.5. The molecule has 154 valence electrons. The number of amides is 1. The van der Waals surface area contributed by atoms with E-state index in [2.05, 4.69) is 20.6 Å². The molecule has 2 aromatic carbocycles. The Morgan fingerprint density at radius 1 is 0.867 bits per heavy atom. The largest absolute Gasteiger partial charge is 0.497 e. The topological polar surface area (TPSA) is 93.2 Å². The van der Waals surface area contributed by atoms with E-state index in [0.29, 0.717) is 22.9 Å². The van der Waals surface area contributed by atoms with Crippen LogP contribution in [-0.2, 0) is 4.79 Å². The summed E-state index contributed by atoms with van der Waals surface area (Å²) in [5, 5.41) is 5.95. The van der Waals surface area contributed by atoms with Crippen LogP contribution in [0.5, 0.6) is 5.75 Å². The zero-order valence-corrected chi connectivity index (χ0v) is 17.2. The number of carbonyl (C=O) groups excluding carboxylic acids is 2. The van der Waals surface area contributed by atoms with Gasteiger partial charge in [-0.15, -0.1) is 0 Å². The van der Waals surface area contributed by atoms with E-state index >= 15 is 0 Å². The second-order valence-corrected chi connectivity index (χ2v) is 6.88. The van der Waals surface area contributed by atoms with E-state index in [4.69, 9.17) is 4.74 Å². The molecule has 2 N–H and O–H groups in total. The van der Waals surface area contributed by atoms with Gasteiger partial charge in [-0.3, -0.25) is 9.59 Å². The van der Waals surface area contributed by atoms with Gasteiger partial charge in [-0.2, -0.15) is 0 Å². The van der Waals surface area contributed by atoms with Crippen molar-refractivity contribution in [1.82, 2.24) is 9.97 Å². The highest BCUT2D eigenvalue weighted by molar-refractivity contribution is 6.00. The summed E-state index contributed by atoms with van der Waals surface area (Å²) in [6.07, 6.45) is 0.253. The van der Waals surface area contributed by atoms with E-state index in [1.807, 2.05) is 32.0 Å². The van der Waals surface area contributed by atoms with E-state index in [1.165, 1.54) is 0 Å². The standard InChI is InChI=1S/C23H24N4O3/c1-15-14-16(2)25-23(24-15)27-19-8-6-18(7-9-19)26-22(29)13-12-21(28)17-4-10-20(30-3)11-5-17/h4-11,14H,12-13H2,1-3H3,(H,26,29)(H,24,25,27). The number of hydrogen-bond acceptors (Lipinski definition) is 6. The number of Topliss-reactive ketones (excluding diaryl/α,β-unsaturated/α-hetero) is 1. The average molecular weight is 404 g/mol. The zero-order valence-electron chi connectivity index (χ0n) is 17.2. The van der Waals surface area contributed by atoms with Gasteiger partial charge in [0.2, 0.25) is 11.9 Å². The van der Waals surface area contributed by atoms with Crippen LogP contribution in [0.3, 0.4) is 0 Å². The van der Waals surface area contributed by atoms with E-state index in [-0.39, 0.29) is 24.5 Å². The minimum absolute atomic E-state index is 0.0826. The number of aromatic nitrogens is 2. The first-order valence-corrected chi connectivity index (χ1v) is 9.59.